The lowest BCUT2D eigenvalue weighted by Gasteiger charge is -2.36. The summed E-state index contributed by atoms with van der Waals surface area (Å²) in [5.74, 6) is -0.112. The maximum atomic E-state index is 12.4. The second-order valence-corrected chi connectivity index (χ2v) is 6.70. The van der Waals surface area contributed by atoms with E-state index in [-0.39, 0.29) is 30.6 Å². The summed E-state index contributed by atoms with van der Waals surface area (Å²) in [5.41, 5.74) is -0.378. The van der Waals surface area contributed by atoms with E-state index in [0.29, 0.717) is 0 Å². The third-order valence-electron chi connectivity index (χ3n) is 3.74. The predicted octanol–water partition coefficient (Wildman–Crippen LogP) is 2.85. The molecule has 1 aliphatic rings. The van der Waals surface area contributed by atoms with E-state index >= 15 is 0 Å². The van der Waals surface area contributed by atoms with E-state index in [1.54, 1.807) is 4.90 Å². The van der Waals surface area contributed by atoms with Crippen LogP contribution in [0.4, 0.5) is 4.79 Å². The number of amides is 2. The van der Waals surface area contributed by atoms with Gasteiger partial charge in [0.15, 0.2) is 0 Å². The van der Waals surface area contributed by atoms with Gasteiger partial charge in [-0.1, -0.05) is 19.8 Å². The van der Waals surface area contributed by atoms with Crippen molar-refractivity contribution in [2.45, 2.75) is 71.4 Å². The van der Waals surface area contributed by atoms with Crippen molar-refractivity contribution in [3.63, 3.8) is 0 Å². The van der Waals surface area contributed by atoms with E-state index in [1.807, 2.05) is 20.8 Å². The third-order valence-corrected chi connectivity index (χ3v) is 3.74. The Morgan fingerprint density at radius 2 is 1.95 bits per heavy atom. The number of hydrogen-bond donors (Lipinski definition) is 2. The van der Waals surface area contributed by atoms with Gasteiger partial charge in [-0.2, -0.15) is 0 Å². The van der Waals surface area contributed by atoms with Crippen molar-refractivity contribution in [1.82, 2.24) is 10.2 Å². The molecule has 5 nitrogen and oxygen atoms in total. The first-order chi connectivity index (χ1) is 9.24. The van der Waals surface area contributed by atoms with Crippen molar-refractivity contribution in [3.05, 3.63) is 0 Å². The van der Waals surface area contributed by atoms with E-state index in [9.17, 15) is 9.59 Å². The molecule has 0 aliphatic heterocycles. The third kappa shape index (κ3) is 5.80. The number of carboxylic acid groups (broad SMARTS) is 1. The van der Waals surface area contributed by atoms with Crippen LogP contribution in [0.1, 0.15) is 59.8 Å². The molecule has 2 N–H and O–H groups in total. The molecule has 1 fully saturated rings. The number of carboxylic acids is 1. The fourth-order valence-corrected chi connectivity index (χ4v) is 2.29. The lowest BCUT2D eigenvalue weighted by molar-refractivity contribution is -0.137. The molecule has 0 heterocycles. The molecule has 1 aliphatic carbocycles. The number of rotatable bonds is 7. The lowest BCUT2D eigenvalue weighted by Crippen LogP contribution is -2.53. The highest BCUT2D eigenvalue weighted by molar-refractivity contribution is 5.76. The average Bonchev–Trinajstić information content (AvgIpc) is 3.09. The zero-order valence-corrected chi connectivity index (χ0v) is 13.1. The Labute approximate surface area is 121 Å². The summed E-state index contributed by atoms with van der Waals surface area (Å²) in [6, 6.07) is 0.0518. The molecule has 0 bridgehead atoms. The van der Waals surface area contributed by atoms with Crippen LogP contribution in [-0.4, -0.2) is 40.1 Å². The Hall–Kier alpha value is -1.26. The van der Waals surface area contributed by atoms with Gasteiger partial charge in [0.2, 0.25) is 0 Å². The van der Waals surface area contributed by atoms with Crippen LogP contribution in [0.15, 0.2) is 0 Å². The van der Waals surface area contributed by atoms with Crippen molar-refractivity contribution in [2.75, 3.05) is 6.54 Å². The monoisotopic (exact) mass is 284 g/mol. The van der Waals surface area contributed by atoms with Crippen molar-refractivity contribution in [1.29, 1.82) is 0 Å². The van der Waals surface area contributed by atoms with Gasteiger partial charge >= 0.3 is 12.0 Å². The van der Waals surface area contributed by atoms with Gasteiger partial charge in [-0.25, -0.2) is 4.79 Å². The van der Waals surface area contributed by atoms with E-state index < -0.39 is 5.97 Å². The fraction of sp³-hybridized carbons (Fsp3) is 0.867. The SMILES string of the molecule is CCC(CC1CC1)NC(=O)N(CCC(=O)O)C(C)(C)C. The maximum absolute atomic E-state index is 12.4. The molecule has 0 aromatic carbocycles. The Morgan fingerprint density at radius 3 is 2.35 bits per heavy atom. The molecule has 2 amide bonds. The minimum absolute atomic E-state index is 0.0237. The largest absolute Gasteiger partial charge is 0.481 e. The van der Waals surface area contributed by atoms with Crippen LogP contribution in [0.5, 0.6) is 0 Å². The molecule has 1 saturated carbocycles. The Bertz CT molecular complexity index is 346. The molecule has 0 saturated heterocycles. The highest BCUT2D eigenvalue weighted by Crippen LogP contribution is 2.34. The number of nitrogens with zero attached hydrogens (tertiary/aromatic N) is 1. The van der Waals surface area contributed by atoms with Gasteiger partial charge < -0.3 is 15.3 Å². The van der Waals surface area contributed by atoms with Crippen LogP contribution < -0.4 is 5.32 Å². The van der Waals surface area contributed by atoms with E-state index in [4.69, 9.17) is 5.11 Å². The highest BCUT2D eigenvalue weighted by Gasteiger charge is 2.30. The molecular formula is C15H28N2O3. The first-order valence-electron chi connectivity index (χ1n) is 7.54. The van der Waals surface area contributed by atoms with E-state index in [2.05, 4.69) is 12.2 Å². The van der Waals surface area contributed by atoms with Crippen LogP contribution in [0, 0.1) is 5.92 Å². The molecule has 1 rings (SSSR count). The summed E-state index contributed by atoms with van der Waals surface area (Å²) in [5, 5.41) is 11.9. The molecule has 116 valence electrons. The molecule has 0 aromatic rings. The normalized spacial score (nSPS) is 16.6. The van der Waals surface area contributed by atoms with Crippen LogP contribution in [0.25, 0.3) is 0 Å². The first-order valence-corrected chi connectivity index (χ1v) is 7.54. The topological polar surface area (TPSA) is 69.6 Å². The minimum atomic E-state index is -0.878. The maximum Gasteiger partial charge on any atom is 0.318 e. The van der Waals surface area contributed by atoms with Gasteiger partial charge in [-0.3, -0.25) is 4.79 Å². The smallest absolute Gasteiger partial charge is 0.318 e. The van der Waals surface area contributed by atoms with Crippen molar-refractivity contribution in [2.24, 2.45) is 5.92 Å². The summed E-state index contributed by atoms with van der Waals surface area (Å²) in [4.78, 5) is 24.7. The number of hydrogen-bond acceptors (Lipinski definition) is 2. The Balaban J connectivity index is 2.58. The van der Waals surface area contributed by atoms with Gasteiger partial charge in [-0.05, 0) is 39.5 Å². The van der Waals surface area contributed by atoms with Crippen molar-refractivity contribution < 1.29 is 14.7 Å². The highest BCUT2D eigenvalue weighted by atomic mass is 16.4. The molecule has 1 unspecified atom stereocenters. The second-order valence-electron chi connectivity index (χ2n) is 6.70. The van der Waals surface area contributed by atoms with Crippen LogP contribution >= 0.6 is 0 Å². The zero-order chi connectivity index (χ0) is 15.3. The standard InChI is InChI=1S/C15H28N2O3/c1-5-12(10-11-6-7-11)16-14(20)17(15(2,3)4)9-8-13(18)19/h11-12H,5-10H2,1-4H3,(H,16,20)(H,18,19). The van der Waals surface area contributed by atoms with E-state index in [1.165, 1.54) is 12.8 Å². The molecule has 20 heavy (non-hydrogen) atoms. The van der Waals surface area contributed by atoms with Crippen molar-refractivity contribution >= 4 is 12.0 Å². The molecule has 0 aromatic heterocycles. The van der Waals surface area contributed by atoms with Gasteiger partial charge in [0.1, 0.15) is 0 Å². The Morgan fingerprint density at radius 1 is 1.35 bits per heavy atom. The van der Waals surface area contributed by atoms with Gasteiger partial charge in [-0.15, -0.1) is 0 Å². The Kier molecular flexibility index (Phi) is 5.84. The van der Waals surface area contributed by atoms with Gasteiger partial charge in [0, 0.05) is 18.1 Å². The average molecular weight is 284 g/mol. The summed E-state index contributed by atoms with van der Waals surface area (Å²) in [6.07, 6.45) is 4.48. The number of carbonyl (C=O) groups is 2. The van der Waals surface area contributed by atoms with Gasteiger partial charge in [0.25, 0.3) is 0 Å². The number of nitrogens with one attached hydrogen (secondary N) is 1. The van der Waals surface area contributed by atoms with Crippen LogP contribution in [0.2, 0.25) is 0 Å². The van der Waals surface area contributed by atoms with Crippen molar-refractivity contribution in [3.8, 4) is 0 Å². The minimum Gasteiger partial charge on any atom is -0.481 e. The summed E-state index contributed by atoms with van der Waals surface area (Å²) >= 11 is 0. The summed E-state index contributed by atoms with van der Waals surface area (Å²) in [6.45, 7) is 8.10. The number of aliphatic carboxylic acids is 1. The second kappa shape index (κ2) is 6.95. The molecular weight excluding hydrogens is 256 g/mol. The fourth-order valence-electron chi connectivity index (χ4n) is 2.29. The lowest BCUT2D eigenvalue weighted by atomic mass is 10.1. The van der Waals surface area contributed by atoms with Gasteiger partial charge in [0.05, 0.1) is 6.42 Å². The molecule has 1 atom stereocenters. The summed E-state index contributed by atoms with van der Waals surface area (Å²) in [7, 11) is 0. The molecule has 0 spiro atoms. The quantitative estimate of drug-likeness (QED) is 0.755. The number of urea groups is 1. The van der Waals surface area contributed by atoms with Crippen LogP contribution in [-0.2, 0) is 4.79 Å². The molecule has 0 radical (unpaired) electrons. The predicted molar refractivity (Wildman–Crippen MR) is 78.7 cm³/mol. The summed E-state index contributed by atoms with van der Waals surface area (Å²) < 4.78 is 0. The zero-order valence-electron chi connectivity index (χ0n) is 13.1. The van der Waals surface area contributed by atoms with E-state index in [0.717, 1.165) is 18.8 Å². The first kappa shape index (κ1) is 16.8. The molecule has 5 heteroatoms. The number of carbonyl (C=O) groups excluding carboxylic acids is 1. The van der Waals surface area contributed by atoms with Crippen LogP contribution in [0.3, 0.4) is 0 Å².